The summed E-state index contributed by atoms with van der Waals surface area (Å²) < 4.78 is 5.24. The highest BCUT2D eigenvalue weighted by Gasteiger charge is 2.36. The number of nitriles is 1. The lowest BCUT2D eigenvalue weighted by molar-refractivity contribution is -0.144. The number of aliphatic carboxylic acids is 1. The van der Waals surface area contributed by atoms with Gasteiger partial charge >= 0.3 is 13.1 Å². The summed E-state index contributed by atoms with van der Waals surface area (Å²) in [6.07, 6.45) is 0. The number of fused-ring (bicyclic) bond motifs is 1. The van der Waals surface area contributed by atoms with Gasteiger partial charge in [0.15, 0.2) is 0 Å². The molecule has 0 aliphatic carbocycles. The zero-order valence-electron chi connectivity index (χ0n) is 17.0. The molecule has 1 aliphatic rings. The first-order valence-corrected chi connectivity index (χ1v) is 9.56. The van der Waals surface area contributed by atoms with Crippen LogP contribution in [0, 0.1) is 24.2 Å². The number of carbonyl (C=O) groups is 2. The van der Waals surface area contributed by atoms with Crippen molar-refractivity contribution >= 4 is 24.5 Å². The van der Waals surface area contributed by atoms with Gasteiger partial charge in [-0.3, -0.25) is 4.79 Å². The maximum atomic E-state index is 13.5. The number of carbonyl (C=O) groups excluding carboxylic acids is 1. The van der Waals surface area contributed by atoms with E-state index in [2.05, 4.69) is 4.98 Å². The molecule has 0 saturated heterocycles. The molecule has 0 unspecified atom stereocenters. The third-order valence-corrected chi connectivity index (χ3v) is 5.21. The molecule has 154 valence electrons. The number of nitrogens with zero attached hydrogens (tertiary/aromatic N) is 3. The van der Waals surface area contributed by atoms with Crippen LogP contribution in [0.15, 0.2) is 30.3 Å². The number of carboxylic acid groups (broad SMARTS) is 1. The van der Waals surface area contributed by atoms with E-state index in [1.165, 1.54) is 4.90 Å². The van der Waals surface area contributed by atoms with E-state index < -0.39 is 25.0 Å². The Hall–Kier alpha value is -3.22. The average Bonchev–Trinajstić information content (AvgIpc) is 3.08. The molecule has 0 radical (unpaired) electrons. The Kier molecular flexibility index (Phi) is 6.20. The summed E-state index contributed by atoms with van der Waals surface area (Å²) in [6, 6.07) is 9.02. The van der Waals surface area contributed by atoms with Gasteiger partial charge < -0.3 is 19.7 Å². The average molecular weight is 407 g/mol. The van der Waals surface area contributed by atoms with Gasteiger partial charge in [-0.2, -0.15) is 5.26 Å². The molecule has 0 bridgehead atoms. The summed E-state index contributed by atoms with van der Waals surface area (Å²) in [7, 11) is -1.12. The van der Waals surface area contributed by atoms with E-state index in [1.54, 1.807) is 51.1 Å². The Balaban J connectivity index is 2.06. The first-order chi connectivity index (χ1) is 14.2. The van der Waals surface area contributed by atoms with Crippen molar-refractivity contribution in [3.8, 4) is 6.07 Å². The molecule has 1 atom stereocenters. The minimum Gasteiger partial charge on any atom is -0.480 e. The normalized spacial score (nSPS) is 13.7. The predicted octanol–water partition coefficient (Wildman–Crippen LogP) is 1.23. The number of hydrogen-bond donors (Lipinski definition) is 2. The number of pyridine rings is 1. The van der Waals surface area contributed by atoms with Crippen molar-refractivity contribution in [3.05, 3.63) is 58.4 Å². The minimum absolute atomic E-state index is 0.0704. The van der Waals surface area contributed by atoms with Crippen LogP contribution in [0.25, 0.3) is 0 Å². The highest BCUT2D eigenvalue weighted by atomic mass is 16.5. The van der Waals surface area contributed by atoms with Crippen LogP contribution in [0.5, 0.6) is 0 Å². The molecule has 2 aromatic rings. The van der Waals surface area contributed by atoms with Gasteiger partial charge in [0.25, 0.3) is 5.91 Å². The molecule has 1 aromatic heterocycles. The SMILES string of the molecule is Cc1c(C(=O)N(Cc2cccc(C#N)n2)[C@H](C(=O)O)C(C)C)ccc2c1B(O)OC2. The largest absolute Gasteiger partial charge is 0.492 e. The van der Waals surface area contributed by atoms with Gasteiger partial charge in [-0.05, 0) is 47.6 Å². The molecular formula is C21H22BN3O5. The van der Waals surface area contributed by atoms with E-state index in [4.69, 9.17) is 9.92 Å². The van der Waals surface area contributed by atoms with Crippen LogP contribution >= 0.6 is 0 Å². The predicted molar refractivity (Wildman–Crippen MR) is 109 cm³/mol. The van der Waals surface area contributed by atoms with Gasteiger partial charge in [0.05, 0.1) is 18.8 Å². The van der Waals surface area contributed by atoms with Gasteiger partial charge in [-0.25, -0.2) is 9.78 Å². The number of benzene rings is 1. The van der Waals surface area contributed by atoms with Crippen LogP contribution < -0.4 is 5.46 Å². The van der Waals surface area contributed by atoms with Crippen LogP contribution in [-0.2, 0) is 22.6 Å². The lowest BCUT2D eigenvalue weighted by atomic mass is 9.75. The highest BCUT2D eigenvalue weighted by Crippen LogP contribution is 2.22. The second-order valence-electron chi connectivity index (χ2n) is 7.56. The smallest absolute Gasteiger partial charge is 0.480 e. The van der Waals surface area contributed by atoms with Gasteiger partial charge in [-0.1, -0.05) is 26.0 Å². The van der Waals surface area contributed by atoms with Crippen molar-refractivity contribution < 1.29 is 24.4 Å². The van der Waals surface area contributed by atoms with Crippen LogP contribution in [-0.4, -0.2) is 45.1 Å². The third-order valence-electron chi connectivity index (χ3n) is 5.21. The van der Waals surface area contributed by atoms with Crippen LogP contribution in [0.2, 0.25) is 0 Å². The quantitative estimate of drug-likeness (QED) is 0.691. The molecule has 0 spiro atoms. The van der Waals surface area contributed by atoms with Gasteiger partial charge in [0, 0.05) is 5.56 Å². The summed E-state index contributed by atoms with van der Waals surface area (Å²) >= 11 is 0. The molecule has 1 aliphatic heterocycles. The van der Waals surface area contributed by atoms with Crippen molar-refractivity contribution in [1.82, 2.24) is 9.88 Å². The lowest BCUT2D eigenvalue weighted by Crippen LogP contribution is -2.48. The van der Waals surface area contributed by atoms with E-state index in [1.807, 2.05) is 6.07 Å². The second kappa shape index (κ2) is 8.65. The standard InChI is InChI=1S/C21H22BN3O5/c1-12(2)19(21(27)28)25(10-16-6-4-5-15(9-23)24-16)20(26)17-8-7-14-11-30-22(29)18(14)13(17)3/h4-8,12,19,29H,10-11H2,1-3H3,(H,27,28)/t19-/m0/s1. The van der Waals surface area contributed by atoms with Crippen molar-refractivity contribution in [2.75, 3.05) is 0 Å². The molecule has 9 heteroatoms. The first-order valence-electron chi connectivity index (χ1n) is 9.56. The van der Waals surface area contributed by atoms with Crippen LogP contribution in [0.4, 0.5) is 0 Å². The number of amides is 1. The second-order valence-corrected chi connectivity index (χ2v) is 7.56. The van der Waals surface area contributed by atoms with Crippen molar-refractivity contribution in [2.24, 2.45) is 5.92 Å². The first kappa shape index (κ1) is 21.5. The van der Waals surface area contributed by atoms with E-state index >= 15 is 0 Å². The highest BCUT2D eigenvalue weighted by molar-refractivity contribution is 6.62. The number of aromatic nitrogens is 1. The molecule has 1 aromatic carbocycles. The number of rotatable bonds is 6. The third kappa shape index (κ3) is 4.06. The number of hydrogen-bond acceptors (Lipinski definition) is 6. The Morgan fingerprint density at radius 2 is 2.07 bits per heavy atom. The Morgan fingerprint density at radius 1 is 1.33 bits per heavy atom. The summed E-state index contributed by atoms with van der Waals surface area (Å²) in [5.74, 6) is -1.98. The maximum absolute atomic E-state index is 13.5. The zero-order chi connectivity index (χ0) is 22.0. The van der Waals surface area contributed by atoms with E-state index in [9.17, 15) is 19.7 Å². The zero-order valence-corrected chi connectivity index (χ0v) is 17.0. The van der Waals surface area contributed by atoms with E-state index in [-0.39, 0.29) is 24.8 Å². The lowest BCUT2D eigenvalue weighted by Gasteiger charge is -2.32. The fourth-order valence-electron chi connectivity index (χ4n) is 3.77. The Morgan fingerprint density at radius 3 is 2.70 bits per heavy atom. The number of carboxylic acids is 1. The summed E-state index contributed by atoms with van der Waals surface area (Å²) in [5.41, 5.74) is 2.79. The molecule has 0 fully saturated rings. The molecular weight excluding hydrogens is 385 g/mol. The molecule has 30 heavy (non-hydrogen) atoms. The monoisotopic (exact) mass is 407 g/mol. The van der Waals surface area contributed by atoms with E-state index in [0.717, 1.165) is 5.56 Å². The Bertz CT molecular complexity index is 1030. The Labute approximate surface area is 174 Å². The summed E-state index contributed by atoms with van der Waals surface area (Å²) in [4.78, 5) is 31.0. The fourth-order valence-corrected chi connectivity index (χ4v) is 3.77. The van der Waals surface area contributed by atoms with Gasteiger partial charge in [0.2, 0.25) is 0 Å². The minimum atomic E-state index is -1.13. The molecule has 2 N–H and O–H groups in total. The molecule has 1 amide bonds. The summed E-state index contributed by atoms with van der Waals surface area (Å²) in [6.45, 7) is 5.35. The van der Waals surface area contributed by atoms with Crippen molar-refractivity contribution in [2.45, 2.75) is 40.0 Å². The molecule has 2 heterocycles. The topological polar surface area (TPSA) is 124 Å². The molecule has 8 nitrogen and oxygen atoms in total. The fraction of sp³-hybridized carbons (Fsp3) is 0.333. The van der Waals surface area contributed by atoms with E-state index in [0.29, 0.717) is 22.3 Å². The van der Waals surface area contributed by atoms with Crippen molar-refractivity contribution in [1.29, 1.82) is 5.26 Å². The van der Waals surface area contributed by atoms with Crippen molar-refractivity contribution in [3.63, 3.8) is 0 Å². The molecule has 3 rings (SSSR count). The summed E-state index contributed by atoms with van der Waals surface area (Å²) in [5, 5.41) is 29.0. The van der Waals surface area contributed by atoms with Gasteiger partial charge in [-0.15, -0.1) is 0 Å². The van der Waals surface area contributed by atoms with Gasteiger partial charge in [0.1, 0.15) is 17.8 Å². The van der Waals surface area contributed by atoms with Crippen LogP contribution in [0.1, 0.15) is 46.7 Å². The molecule has 0 saturated carbocycles. The van der Waals surface area contributed by atoms with Crippen LogP contribution in [0.3, 0.4) is 0 Å². The maximum Gasteiger partial charge on any atom is 0.492 e.